The number of rotatable bonds is 2. The fraction of sp³-hybridized carbons (Fsp3) is 0.0833. The average molecular weight is 232 g/mol. The van der Waals surface area contributed by atoms with E-state index in [0.717, 1.165) is 0 Å². The fourth-order valence-corrected chi connectivity index (χ4v) is 1.49. The van der Waals surface area contributed by atoms with Gasteiger partial charge < -0.3 is 5.11 Å². The Balaban J connectivity index is 2.51. The van der Waals surface area contributed by atoms with E-state index in [1.165, 1.54) is 18.3 Å². The molecular weight excluding hydrogens is 223 g/mol. The maximum atomic E-state index is 12.7. The van der Waals surface area contributed by atoms with E-state index in [4.69, 9.17) is 5.11 Å². The van der Waals surface area contributed by atoms with Gasteiger partial charge in [0, 0.05) is 17.5 Å². The summed E-state index contributed by atoms with van der Waals surface area (Å²) in [5, 5.41) is 8.89. The van der Waals surface area contributed by atoms with Crippen molar-refractivity contribution >= 4 is 5.97 Å². The van der Waals surface area contributed by atoms with Crippen LogP contribution >= 0.6 is 0 Å². The van der Waals surface area contributed by atoms with Gasteiger partial charge >= 0.3 is 5.97 Å². The highest BCUT2D eigenvalue weighted by Crippen LogP contribution is 2.20. The number of carbonyl (C=O) groups is 1. The first-order valence-electron chi connectivity index (χ1n) is 4.90. The van der Waals surface area contributed by atoms with Gasteiger partial charge in [-0.05, 0) is 36.8 Å². The first-order valence-corrected chi connectivity index (χ1v) is 4.90. The second-order valence-electron chi connectivity index (χ2n) is 3.56. The number of aromatic nitrogens is 2. The summed E-state index contributed by atoms with van der Waals surface area (Å²) >= 11 is 0. The molecule has 2 aromatic rings. The van der Waals surface area contributed by atoms with E-state index in [1.54, 1.807) is 19.1 Å². The van der Waals surface area contributed by atoms with Crippen molar-refractivity contribution in [3.05, 3.63) is 47.8 Å². The Kier molecular flexibility index (Phi) is 2.82. The van der Waals surface area contributed by atoms with Crippen LogP contribution in [0.25, 0.3) is 11.1 Å². The van der Waals surface area contributed by atoms with Gasteiger partial charge in [0.2, 0.25) is 5.95 Å². The highest BCUT2D eigenvalue weighted by molar-refractivity contribution is 5.87. The number of halogens is 1. The summed E-state index contributed by atoms with van der Waals surface area (Å²) in [7, 11) is 0. The van der Waals surface area contributed by atoms with Crippen molar-refractivity contribution in [2.24, 2.45) is 0 Å². The van der Waals surface area contributed by atoms with Gasteiger partial charge in [0.05, 0.1) is 0 Å². The van der Waals surface area contributed by atoms with Gasteiger partial charge in [-0.25, -0.2) is 14.8 Å². The second kappa shape index (κ2) is 4.29. The molecule has 2 aromatic heterocycles. The SMILES string of the molecule is Cc1cc(-c2ccc(F)nc2)cc(C(=O)O)n1. The molecule has 2 rings (SSSR count). The number of aromatic carboxylic acids is 1. The highest BCUT2D eigenvalue weighted by atomic mass is 19.1. The number of carboxylic acids is 1. The van der Waals surface area contributed by atoms with Crippen molar-refractivity contribution in [1.29, 1.82) is 0 Å². The molecule has 0 atom stereocenters. The lowest BCUT2D eigenvalue weighted by atomic mass is 10.1. The summed E-state index contributed by atoms with van der Waals surface area (Å²) in [6.07, 6.45) is 1.36. The average Bonchev–Trinajstić information content (AvgIpc) is 2.29. The molecule has 0 unspecified atom stereocenters. The lowest BCUT2D eigenvalue weighted by Crippen LogP contribution is -2.02. The third kappa shape index (κ3) is 2.44. The van der Waals surface area contributed by atoms with Crippen molar-refractivity contribution in [2.45, 2.75) is 6.92 Å². The summed E-state index contributed by atoms with van der Waals surface area (Å²) < 4.78 is 12.7. The van der Waals surface area contributed by atoms with Crippen molar-refractivity contribution in [3.8, 4) is 11.1 Å². The lowest BCUT2D eigenvalue weighted by molar-refractivity contribution is 0.0690. The molecule has 1 N–H and O–H groups in total. The maximum Gasteiger partial charge on any atom is 0.354 e. The van der Waals surface area contributed by atoms with Gasteiger partial charge in [0.1, 0.15) is 5.69 Å². The van der Waals surface area contributed by atoms with Gasteiger partial charge in [-0.1, -0.05) is 0 Å². The molecule has 0 aliphatic rings. The number of hydrogen-bond acceptors (Lipinski definition) is 3. The molecule has 86 valence electrons. The van der Waals surface area contributed by atoms with Crippen molar-refractivity contribution in [3.63, 3.8) is 0 Å². The lowest BCUT2D eigenvalue weighted by Gasteiger charge is -2.04. The number of pyridine rings is 2. The largest absolute Gasteiger partial charge is 0.477 e. The molecule has 0 saturated carbocycles. The molecule has 0 aliphatic carbocycles. The van der Waals surface area contributed by atoms with Crippen molar-refractivity contribution in [1.82, 2.24) is 9.97 Å². The second-order valence-corrected chi connectivity index (χ2v) is 3.56. The maximum absolute atomic E-state index is 12.7. The van der Waals surface area contributed by atoms with E-state index in [2.05, 4.69) is 9.97 Å². The van der Waals surface area contributed by atoms with E-state index in [-0.39, 0.29) is 5.69 Å². The fourth-order valence-electron chi connectivity index (χ4n) is 1.49. The molecule has 0 spiro atoms. The predicted octanol–water partition coefficient (Wildman–Crippen LogP) is 2.29. The van der Waals surface area contributed by atoms with E-state index in [9.17, 15) is 9.18 Å². The Morgan fingerprint density at radius 2 is 2.06 bits per heavy atom. The quantitative estimate of drug-likeness (QED) is 0.807. The zero-order valence-electron chi connectivity index (χ0n) is 9.01. The zero-order valence-corrected chi connectivity index (χ0v) is 9.01. The first kappa shape index (κ1) is 11.2. The van der Waals surface area contributed by atoms with Crippen LogP contribution in [0.4, 0.5) is 4.39 Å². The van der Waals surface area contributed by atoms with Crippen LogP contribution in [0.5, 0.6) is 0 Å². The molecule has 0 aliphatic heterocycles. The van der Waals surface area contributed by atoms with E-state index in [1.807, 2.05) is 0 Å². The Morgan fingerprint density at radius 3 is 2.65 bits per heavy atom. The molecule has 0 fully saturated rings. The Morgan fingerprint density at radius 1 is 1.29 bits per heavy atom. The third-order valence-electron chi connectivity index (χ3n) is 2.23. The van der Waals surface area contributed by atoms with Crippen molar-refractivity contribution < 1.29 is 14.3 Å². The van der Waals surface area contributed by atoms with Gasteiger partial charge in [-0.2, -0.15) is 4.39 Å². The van der Waals surface area contributed by atoms with Crippen LogP contribution in [-0.4, -0.2) is 21.0 Å². The summed E-state index contributed by atoms with van der Waals surface area (Å²) in [6.45, 7) is 1.70. The summed E-state index contributed by atoms with van der Waals surface area (Å²) in [6, 6.07) is 5.93. The molecule has 0 aromatic carbocycles. The Hall–Kier alpha value is -2.30. The minimum Gasteiger partial charge on any atom is -0.477 e. The molecule has 0 amide bonds. The summed E-state index contributed by atoms with van der Waals surface area (Å²) in [5.41, 5.74) is 1.86. The normalized spacial score (nSPS) is 10.2. The van der Waals surface area contributed by atoms with Gasteiger partial charge in [-0.3, -0.25) is 0 Å². The molecule has 5 heteroatoms. The van der Waals surface area contributed by atoms with Crippen LogP contribution in [-0.2, 0) is 0 Å². The van der Waals surface area contributed by atoms with Crippen LogP contribution in [0.1, 0.15) is 16.2 Å². The Bertz CT molecular complexity index is 567. The van der Waals surface area contributed by atoms with Gasteiger partial charge in [0.25, 0.3) is 0 Å². The van der Waals surface area contributed by atoms with Crippen LogP contribution < -0.4 is 0 Å². The smallest absolute Gasteiger partial charge is 0.354 e. The number of aryl methyl sites for hydroxylation is 1. The first-order chi connectivity index (χ1) is 8.06. The highest BCUT2D eigenvalue weighted by Gasteiger charge is 2.08. The van der Waals surface area contributed by atoms with Crippen LogP contribution in [0, 0.1) is 12.9 Å². The summed E-state index contributed by atoms with van der Waals surface area (Å²) in [5.74, 6) is -1.66. The number of carboxylic acid groups (broad SMARTS) is 1. The standard InChI is InChI=1S/C12H9FN2O2/c1-7-4-9(5-10(15-7)12(16)17)8-2-3-11(13)14-6-8/h2-6H,1H3,(H,16,17). The molecule has 0 bridgehead atoms. The van der Waals surface area contributed by atoms with E-state index >= 15 is 0 Å². The molecule has 0 radical (unpaired) electrons. The predicted molar refractivity (Wildman–Crippen MR) is 59.1 cm³/mol. The number of hydrogen-bond donors (Lipinski definition) is 1. The van der Waals surface area contributed by atoms with Gasteiger partial charge in [0.15, 0.2) is 0 Å². The molecule has 2 heterocycles. The minimum atomic E-state index is -1.09. The van der Waals surface area contributed by atoms with Crippen LogP contribution in [0.2, 0.25) is 0 Å². The molecule has 17 heavy (non-hydrogen) atoms. The molecule has 4 nitrogen and oxygen atoms in total. The molecule has 0 saturated heterocycles. The summed E-state index contributed by atoms with van der Waals surface area (Å²) in [4.78, 5) is 18.3. The Labute approximate surface area is 96.8 Å². The third-order valence-corrected chi connectivity index (χ3v) is 2.23. The topological polar surface area (TPSA) is 63.1 Å². The van der Waals surface area contributed by atoms with Crippen LogP contribution in [0.15, 0.2) is 30.5 Å². The van der Waals surface area contributed by atoms with Crippen LogP contribution in [0.3, 0.4) is 0 Å². The van der Waals surface area contributed by atoms with Gasteiger partial charge in [-0.15, -0.1) is 0 Å². The van der Waals surface area contributed by atoms with Crippen molar-refractivity contribution in [2.75, 3.05) is 0 Å². The minimum absolute atomic E-state index is 0.0377. The molecular formula is C12H9FN2O2. The number of nitrogens with zero attached hydrogens (tertiary/aromatic N) is 2. The monoisotopic (exact) mass is 232 g/mol. The zero-order chi connectivity index (χ0) is 12.4. The van der Waals surface area contributed by atoms with E-state index in [0.29, 0.717) is 16.8 Å². The van der Waals surface area contributed by atoms with E-state index < -0.39 is 11.9 Å².